The lowest BCUT2D eigenvalue weighted by Gasteiger charge is -2.40. The van der Waals surface area contributed by atoms with E-state index in [-0.39, 0.29) is 11.9 Å². The van der Waals surface area contributed by atoms with Crippen LogP contribution in [0.2, 0.25) is 0 Å². The number of rotatable bonds is 3. The zero-order valence-corrected chi connectivity index (χ0v) is 18.2. The van der Waals surface area contributed by atoms with Crippen LogP contribution >= 0.6 is 11.3 Å². The van der Waals surface area contributed by atoms with Gasteiger partial charge in [0.25, 0.3) is 0 Å². The molecule has 1 aromatic heterocycles. The Morgan fingerprint density at radius 1 is 1.24 bits per heavy atom. The highest BCUT2D eigenvalue weighted by Gasteiger charge is 2.38. The third-order valence-electron chi connectivity index (χ3n) is 5.83. The number of hydrogen-bond donors (Lipinski definition) is 2. The molecule has 0 spiro atoms. The Morgan fingerprint density at radius 3 is 2.69 bits per heavy atom. The molecule has 8 heteroatoms. The van der Waals surface area contributed by atoms with Gasteiger partial charge in [0.05, 0.1) is 19.1 Å². The molecule has 146 valence electrons. The maximum Gasteiger partial charge on any atom is 0.231 e. The fourth-order valence-electron chi connectivity index (χ4n) is 3.89. The zero-order chi connectivity index (χ0) is 20.9. The Kier molecular flexibility index (Phi) is 4.69. The molecule has 2 heterocycles. The van der Waals surface area contributed by atoms with Gasteiger partial charge in [0.15, 0.2) is 5.96 Å². The van der Waals surface area contributed by atoms with E-state index in [0.29, 0.717) is 6.42 Å². The van der Waals surface area contributed by atoms with Gasteiger partial charge >= 0.3 is 0 Å². The van der Waals surface area contributed by atoms with Gasteiger partial charge in [0.2, 0.25) is 5.91 Å². The fraction of sp³-hybridized carbons (Fsp3) is 0.238. The van der Waals surface area contributed by atoms with Crippen molar-refractivity contribution in [3.8, 4) is 16.9 Å². The van der Waals surface area contributed by atoms with E-state index in [2.05, 4.69) is 48.9 Å². The summed E-state index contributed by atoms with van der Waals surface area (Å²) in [6.07, 6.45) is 0.303. The van der Waals surface area contributed by atoms with Crippen LogP contribution in [0.15, 0.2) is 35.7 Å². The minimum Gasteiger partial charge on any atom is -0.497 e. The molecule has 5 nitrogen and oxygen atoms in total. The molecule has 3 aromatic rings. The molecular weight excluding hydrogens is 380 g/mol. The molecule has 0 radical (unpaired) electrons. The largest absolute Gasteiger partial charge is 0.497 e. The van der Waals surface area contributed by atoms with Crippen LogP contribution in [0.3, 0.4) is 0 Å². The van der Waals surface area contributed by atoms with E-state index in [1.54, 1.807) is 25.5 Å². The van der Waals surface area contributed by atoms with Crippen LogP contribution < -0.4 is 21.0 Å². The van der Waals surface area contributed by atoms with E-state index in [4.69, 9.17) is 10.1 Å². The minimum absolute atomic E-state index is 0.0584. The number of fused-ring (bicyclic) bond motifs is 1. The number of nitrogens with one attached hydrogen (secondary N) is 2. The van der Waals surface area contributed by atoms with Gasteiger partial charge in [0, 0.05) is 11.7 Å². The number of ether oxygens (including phenoxy) is 1. The van der Waals surface area contributed by atoms with Crippen LogP contribution in [0.1, 0.15) is 18.9 Å². The Balaban J connectivity index is 1.93. The van der Waals surface area contributed by atoms with E-state index in [1.807, 2.05) is 14.8 Å². The number of carbonyl (C=O) groups is 1. The Morgan fingerprint density at radius 2 is 2.00 bits per heavy atom. The first-order chi connectivity index (χ1) is 13.7. The fourth-order valence-corrected chi connectivity index (χ4v) is 4.96. The lowest BCUT2D eigenvalue weighted by Crippen LogP contribution is -2.58. The summed E-state index contributed by atoms with van der Waals surface area (Å²) in [5.74, 6) is 0.927. The topological polar surface area (TPSA) is 65.4 Å². The third-order valence-corrected chi connectivity index (χ3v) is 6.98. The predicted octanol–water partition coefficient (Wildman–Crippen LogP) is 0.695. The molecule has 0 aliphatic carbocycles. The van der Waals surface area contributed by atoms with Crippen molar-refractivity contribution in [2.45, 2.75) is 18.9 Å². The minimum atomic E-state index is -0.632. The van der Waals surface area contributed by atoms with Crippen LogP contribution in [0, 0.1) is 5.41 Å². The van der Waals surface area contributed by atoms with E-state index in [9.17, 15) is 4.79 Å². The van der Waals surface area contributed by atoms with Crippen LogP contribution in [-0.4, -0.2) is 46.6 Å². The number of hydrogen-bond acceptors (Lipinski definition) is 4. The van der Waals surface area contributed by atoms with Gasteiger partial charge in [-0.05, 0) is 58.0 Å². The summed E-state index contributed by atoms with van der Waals surface area (Å²) < 4.78 is 6.76. The predicted molar refractivity (Wildman–Crippen MR) is 126 cm³/mol. The molecule has 2 N–H and O–H groups in total. The molecule has 1 aliphatic rings. The van der Waals surface area contributed by atoms with Crippen molar-refractivity contribution in [1.82, 2.24) is 10.2 Å². The number of guanidine groups is 1. The third kappa shape index (κ3) is 3.21. The Labute approximate surface area is 176 Å². The number of nitrogens with zero attached hydrogens (tertiary/aromatic N) is 1. The van der Waals surface area contributed by atoms with Gasteiger partial charge in [-0.15, -0.1) is 11.3 Å². The van der Waals surface area contributed by atoms with Crippen LogP contribution in [0.25, 0.3) is 21.2 Å². The van der Waals surface area contributed by atoms with Gasteiger partial charge in [0.1, 0.15) is 21.4 Å². The Bertz CT molecular complexity index is 1140. The summed E-state index contributed by atoms with van der Waals surface area (Å²) in [5, 5.41) is 14.8. The molecule has 1 aliphatic heterocycles. The van der Waals surface area contributed by atoms with E-state index < -0.39 is 5.54 Å². The summed E-state index contributed by atoms with van der Waals surface area (Å²) in [5.41, 5.74) is 4.88. The summed E-state index contributed by atoms with van der Waals surface area (Å²) in [4.78, 5) is 13.8. The second-order valence-corrected chi connectivity index (χ2v) is 8.82. The van der Waals surface area contributed by atoms with E-state index >= 15 is 0 Å². The number of carbonyl (C=O) groups excluding carboxylic acids is 1. The first-order valence-corrected chi connectivity index (χ1v) is 10.4. The second kappa shape index (κ2) is 6.95. The highest BCUT2D eigenvalue weighted by molar-refractivity contribution is 7.19. The van der Waals surface area contributed by atoms with Crippen LogP contribution in [0.4, 0.5) is 0 Å². The maximum atomic E-state index is 12.5. The molecule has 2 aromatic carbocycles. The van der Waals surface area contributed by atoms with Gasteiger partial charge in [-0.2, -0.15) is 0 Å². The number of methoxy groups -OCH3 is 1. The van der Waals surface area contributed by atoms with Crippen molar-refractivity contribution < 1.29 is 9.53 Å². The normalized spacial score (nSPS) is 19.5. The molecule has 4 rings (SSSR count). The number of amides is 1. The van der Waals surface area contributed by atoms with E-state index in [1.165, 1.54) is 20.4 Å². The first kappa shape index (κ1) is 19.6. The van der Waals surface area contributed by atoms with Gasteiger partial charge < -0.3 is 10.1 Å². The smallest absolute Gasteiger partial charge is 0.231 e. The monoisotopic (exact) mass is 403 g/mol. The molecule has 0 unspecified atom stereocenters. The molecule has 29 heavy (non-hydrogen) atoms. The summed E-state index contributed by atoms with van der Waals surface area (Å²) in [6, 6.07) is 10.6. The molecule has 1 saturated heterocycles. The lowest BCUT2D eigenvalue weighted by molar-refractivity contribution is -0.129. The quantitative estimate of drug-likeness (QED) is 0.633. The highest BCUT2D eigenvalue weighted by atomic mass is 32.1. The summed E-state index contributed by atoms with van der Waals surface area (Å²) >= 11 is 1.73. The average molecular weight is 403 g/mol. The van der Waals surface area contributed by atoms with Crippen molar-refractivity contribution in [2.24, 2.45) is 0 Å². The SMILES string of the molecule is Bc1ccc(-c2cc([C@]3(C)CC(=O)N(C)C(=N)N3)cc3c(B)csc23)cc1OC. The second-order valence-electron chi connectivity index (χ2n) is 7.94. The zero-order valence-electron chi connectivity index (χ0n) is 17.3. The van der Waals surface area contributed by atoms with Gasteiger partial charge in [-0.1, -0.05) is 17.6 Å². The number of thiophene rings is 1. The molecule has 1 fully saturated rings. The molecule has 1 amide bonds. The van der Waals surface area contributed by atoms with Crippen LogP contribution in [-0.2, 0) is 10.3 Å². The summed E-state index contributed by atoms with van der Waals surface area (Å²) in [7, 11) is 7.46. The molecule has 0 saturated carbocycles. The number of benzene rings is 2. The van der Waals surface area contributed by atoms with Crippen molar-refractivity contribution >= 4 is 59.9 Å². The van der Waals surface area contributed by atoms with Crippen molar-refractivity contribution in [2.75, 3.05) is 14.2 Å². The summed E-state index contributed by atoms with van der Waals surface area (Å²) in [6.45, 7) is 1.99. The van der Waals surface area contributed by atoms with Crippen LogP contribution in [0.5, 0.6) is 5.75 Å². The lowest BCUT2D eigenvalue weighted by atomic mass is 9.82. The molecule has 1 atom stereocenters. The van der Waals surface area contributed by atoms with E-state index in [0.717, 1.165) is 27.9 Å². The van der Waals surface area contributed by atoms with Crippen molar-refractivity contribution in [3.05, 3.63) is 41.3 Å². The average Bonchev–Trinajstić information content (AvgIpc) is 3.07. The van der Waals surface area contributed by atoms with Crippen molar-refractivity contribution in [3.63, 3.8) is 0 Å². The van der Waals surface area contributed by atoms with Gasteiger partial charge in [-0.3, -0.25) is 15.1 Å². The van der Waals surface area contributed by atoms with Crippen molar-refractivity contribution in [1.29, 1.82) is 5.41 Å². The molecular formula is C21H23B2N3O2S. The first-order valence-electron chi connectivity index (χ1n) is 9.54. The van der Waals surface area contributed by atoms with Gasteiger partial charge in [-0.25, -0.2) is 0 Å². The Hall–Kier alpha value is -2.73. The highest BCUT2D eigenvalue weighted by Crippen LogP contribution is 2.38. The standard InChI is InChI=1S/C21H23B2N3O2S/c1-21(9-18(27)26(2)20(24)25-21)12-7-13(19-14(8-12)16(23)10-29-19)11-4-5-15(22)17(6-11)28-3/h4-8,10H,9,22-23H2,1-3H3,(H2,24,25)/t21-/m0/s1. The molecule has 0 bridgehead atoms. The maximum absolute atomic E-state index is 12.5.